The second kappa shape index (κ2) is 5.64. The summed E-state index contributed by atoms with van der Waals surface area (Å²) in [7, 11) is 2.12. The van der Waals surface area contributed by atoms with E-state index in [-0.39, 0.29) is 11.6 Å². The molecule has 1 aromatic rings. The van der Waals surface area contributed by atoms with Crippen LogP contribution < -0.4 is 4.90 Å². The highest BCUT2D eigenvalue weighted by Gasteiger charge is 2.36. The lowest BCUT2D eigenvalue weighted by atomic mass is 9.82. The minimum Gasteiger partial charge on any atom is -0.456 e. The number of aromatic nitrogens is 1. The lowest BCUT2D eigenvalue weighted by molar-refractivity contribution is -0.0498. The van der Waals surface area contributed by atoms with Crippen molar-refractivity contribution in [3.63, 3.8) is 0 Å². The molecule has 0 aromatic carbocycles. The predicted molar refractivity (Wildman–Crippen MR) is 81.6 cm³/mol. The molecule has 2 aliphatic rings. The SMILES string of the molecule is CN1CCN(c2cc(C(=O)OC3(C)CCC3)ccn2)CC1. The molecular weight excluding hydrogens is 266 g/mol. The predicted octanol–water partition coefficient (Wildman–Crippen LogP) is 1.93. The molecule has 0 atom stereocenters. The van der Waals surface area contributed by atoms with E-state index in [1.807, 2.05) is 13.0 Å². The topological polar surface area (TPSA) is 45.7 Å². The standard InChI is InChI=1S/C16H23N3O2/c1-16(5-3-6-16)21-15(20)13-4-7-17-14(12-13)19-10-8-18(2)9-11-19/h4,7,12H,3,5-6,8-11H2,1-2H3. The monoisotopic (exact) mass is 289 g/mol. The molecule has 1 saturated carbocycles. The molecule has 1 aliphatic heterocycles. The summed E-state index contributed by atoms with van der Waals surface area (Å²) in [6, 6.07) is 3.60. The van der Waals surface area contributed by atoms with Crippen LogP contribution in [0.5, 0.6) is 0 Å². The molecule has 1 saturated heterocycles. The molecule has 2 heterocycles. The van der Waals surface area contributed by atoms with Gasteiger partial charge in [0.05, 0.1) is 5.56 Å². The van der Waals surface area contributed by atoms with Crippen LogP contribution in [0.2, 0.25) is 0 Å². The first-order valence-corrected chi connectivity index (χ1v) is 7.69. The molecule has 0 unspecified atom stereocenters. The van der Waals surface area contributed by atoms with Crippen molar-refractivity contribution in [3.05, 3.63) is 23.9 Å². The summed E-state index contributed by atoms with van der Waals surface area (Å²) in [5.74, 6) is 0.645. The third-order valence-electron chi connectivity index (χ3n) is 4.56. The van der Waals surface area contributed by atoms with E-state index >= 15 is 0 Å². The number of rotatable bonds is 3. The first-order valence-electron chi connectivity index (χ1n) is 7.69. The van der Waals surface area contributed by atoms with Gasteiger partial charge < -0.3 is 14.5 Å². The lowest BCUT2D eigenvalue weighted by Gasteiger charge is -2.37. The maximum atomic E-state index is 12.3. The minimum absolute atomic E-state index is 0.227. The van der Waals surface area contributed by atoms with Crippen molar-refractivity contribution in [2.45, 2.75) is 31.8 Å². The molecule has 0 amide bonds. The highest BCUT2D eigenvalue weighted by Crippen LogP contribution is 2.35. The third-order valence-corrected chi connectivity index (χ3v) is 4.56. The van der Waals surface area contributed by atoms with E-state index in [1.54, 1.807) is 12.3 Å². The zero-order valence-electron chi connectivity index (χ0n) is 12.8. The highest BCUT2D eigenvalue weighted by atomic mass is 16.6. The Morgan fingerprint density at radius 2 is 2.00 bits per heavy atom. The summed E-state index contributed by atoms with van der Waals surface area (Å²) in [6.45, 7) is 5.94. The van der Waals surface area contributed by atoms with Gasteiger partial charge in [0, 0.05) is 32.4 Å². The van der Waals surface area contributed by atoms with Gasteiger partial charge in [0.25, 0.3) is 0 Å². The number of esters is 1. The van der Waals surface area contributed by atoms with Gasteiger partial charge in [-0.3, -0.25) is 0 Å². The van der Waals surface area contributed by atoms with Gasteiger partial charge in [-0.1, -0.05) is 0 Å². The average Bonchev–Trinajstić information content (AvgIpc) is 2.46. The van der Waals surface area contributed by atoms with Crippen molar-refractivity contribution in [1.82, 2.24) is 9.88 Å². The van der Waals surface area contributed by atoms with Crippen molar-refractivity contribution in [3.8, 4) is 0 Å². The second-order valence-electron chi connectivity index (χ2n) is 6.39. The number of ether oxygens (including phenoxy) is 1. The maximum absolute atomic E-state index is 12.3. The van der Waals surface area contributed by atoms with Crippen molar-refractivity contribution < 1.29 is 9.53 Å². The molecule has 5 nitrogen and oxygen atoms in total. The summed E-state index contributed by atoms with van der Waals surface area (Å²) < 4.78 is 5.63. The highest BCUT2D eigenvalue weighted by molar-refractivity contribution is 5.90. The largest absolute Gasteiger partial charge is 0.456 e. The average molecular weight is 289 g/mol. The number of carbonyl (C=O) groups excluding carboxylic acids is 1. The number of piperazine rings is 1. The number of hydrogen-bond donors (Lipinski definition) is 0. The molecule has 0 bridgehead atoms. The molecule has 0 spiro atoms. The van der Waals surface area contributed by atoms with Gasteiger partial charge in [-0.25, -0.2) is 9.78 Å². The van der Waals surface area contributed by atoms with Gasteiger partial charge in [0.15, 0.2) is 0 Å². The molecule has 5 heteroatoms. The van der Waals surface area contributed by atoms with Crippen LogP contribution in [-0.4, -0.2) is 54.7 Å². The molecule has 114 valence electrons. The van der Waals surface area contributed by atoms with E-state index < -0.39 is 0 Å². The minimum atomic E-state index is -0.256. The Balaban J connectivity index is 1.69. The normalized spacial score (nSPS) is 21.7. The number of anilines is 1. The van der Waals surface area contributed by atoms with Gasteiger partial charge in [-0.2, -0.15) is 0 Å². The number of likely N-dealkylation sites (N-methyl/N-ethyl adjacent to an activating group) is 1. The number of nitrogens with zero attached hydrogens (tertiary/aromatic N) is 3. The first kappa shape index (κ1) is 14.3. The van der Waals surface area contributed by atoms with Crippen LogP contribution in [0, 0.1) is 0 Å². The smallest absolute Gasteiger partial charge is 0.338 e. The van der Waals surface area contributed by atoms with Crippen LogP contribution in [0.4, 0.5) is 5.82 Å². The molecule has 2 fully saturated rings. The quantitative estimate of drug-likeness (QED) is 0.796. The van der Waals surface area contributed by atoms with E-state index in [2.05, 4.69) is 21.8 Å². The van der Waals surface area contributed by atoms with Gasteiger partial charge >= 0.3 is 5.97 Å². The molecule has 0 N–H and O–H groups in total. The summed E-state index contributed by atoms with van der Waals surface area (Å²) in [4.78, 5) is 21.2. The number of hydrogen-bond acceptors (Lipinski definition) is 5. The zero-order chi connectivity index (χ0) is 14.9. The van der Waals surface area contributed by atoms with Crippen LogP contribution in [0.25, 0.3) is 0 Å². The Labute approximate surface area is 125 Å². The number of pyridine rings is 1. The van der Waals surface area contributed by atoms with Crippen LogP contribution in [0.15, 0.2) is 18.3 Å². The van der Waals surface area contributed by atoms with Gasteiger partial charge in [-0.05, 0) is 45.4 Å². The fourth-order valence-electron chi connectivity index (χ4n) is 2.81. The summed E-state index contributed by atoms with van der Waals surface area (Å²) >= 11 is 0. The van der Waals surface area contributed by atoms with Crippen molar-refractivity contribution in [2.75, 3.05) is 38.1 Å². The van der Waals surface area contributed by atoms with E-state index in [1.165, 1.54) is 0 Å². The first-order chi connectivity index (χ1) is 10.1. The third kappa shape index (κ3) is 3.18. The molecule has 3 rings (SSSR count). The van der Waals surface area contributed by atoms with Gasteiger partial charge in [-0.15, -0.1) is 0 Å². The van der Waals surface area contributed by atoms with Gasteiger partial charge in [0.2, 0.25) is 0 Å². The summed E-state index contributed by atoms with van der Waals surface area (Å²) in [6.07, 6.45) is 4.78. The second-order valence-corrected chi connectivity index (χ2v) is 6.39. The van der Waals surface area contributed by atoms with Gasteiger partial charge in [0.1, 0.15) is 11.4 Å². The molecule has 21 heavy (non-hydrogen) atoms. The summed E-state index contributed by atoms with van der Waals surface area (Å²) in [5, 5.41) is 0. The Morgan fingerprint density at radius 1 is 1.29 bits per heavy atom. The van der Waals surface area contributed by atoms with E-state index in [0.717, 1.165) is 51.3 Å². The maximum Gasteiger partial charge on any atom is 0.338 e. The Morgan fingerprint density at radius 3 is 2.62 bits per heavy atom. The summed E-state index contributed by atoms with van der Waals surface area (Å²) in [5.41, 5.74) is 0.348. The van der Waals surface area contributed by atoms with Crippen LogP contribution in [0.1, 0.15) is 36.5 Å². The van der Waals surface area contributed by atoms with Crippen LogP contribution in [0.3, 0.4) is 0 Å². The van der Waals surface area contributed by atoms with Crippen molar-refractivity contribution in [1.29, 1.82) is 0 Å². The molecular formula is C16H23N3O2. The van der Waals surface area contributed by atoms with Crippen molar-refractivity contribution >= 4 is 11.8 Å². The van der Waals surface area contributed by atoms with E-state index in [9.17, 15) is 4.79 Å². The zero-order valence-corrected chi connectivity index (χ0v) is 12.8. The molecule has 0 radical (unpaired) electrons. The van der Waals surface area contributed by atoms with Crippen LogP contribution in [-0.2, 0) is 4.74 Å². The van der Waals surface area contributed by atoms with E-state index in [0.29, 0.717) is 5.56 Å². The fourth-order valence-corrected chi connectivity index (χ4v) is 2.81. The van der Waals surface area contributed by atoms with E-state index in [4.69, 9.17) is 4.74 Å². The van der Waals surface area contributed by atoms with Crippen molar-refractivity contribution in [2.24, 2.45) is 0 Å². The Bertz CT molecular complexity index is 520. The Hall–Kier alpha value is -1.62. The Kier molecular flexibility index (Phi) is 3.85. The molecule has 1 aromatic heterocycles. The van der Waals surface area contributed by atoms with Crippen LogP contribution >= 0.6 is 0 Å². The lowest BCUT2D eigenvalue weighted by Crippen LogP contribution is -2.44. The fraction of sp³-hybridized carbons (Fsp3) is 0.625. The molecule has 1 aliphatic carbocycles. The number of carbonyl (C=O) groups is 1.